The van der Waals surface area contributed by atoms with Gasteiger partial charge in [0.15, 0.2) is 5.58 Å². The van der Waals surface area contributed by atoms with Gasteiger partial charge in [-0.3, -0.25) is 4.79 Å². The van der Waals surface area contributed by atoms with E-state index in [9.17, 15) is 4.79 Å². The molecule has 0 saturated carbocycles. The van der Waals surface area contributed by atoms with Gasteiger partial charge in [0.2, 0.25) is 0 Å². The standard InChI is InChI=1S/C19H20N2O2S/c1-2-3-12-20-18(22)15-9-5-4-8-14(15)13-24-19-21-16-10-6-7-11-17(16)23-19/h4-11H,2-3,12-13H2,1H3,(H,20,22). The number of para-hydroxylation sites is 2. The normalized spacial score (nSPS) is 10.9. The fourth-order valence-corrected chi connectivity index (χ4v) is 3.24. The lowest BCUT2D eigenvalue weighted by molar-refractivity contribution is 0.0952. The first kappa shape index (κ1) is 16.6. The molecule has 0 bridgehead atoms. The molecule has 0 spiro atoms. The Morgan fingerprint density at radius 2 is 1.96 bits per heavy atom. The molecule has 0 fully saturated rings. The van der Waals surface area contributed by atoms with Gasteiger partial charge >= 0.3 is 0 Å². The van der Waals surface area contributed by atoms with Crippen LogP contribution in [0.1, 0.15) is 35.7 Å². The third-order valence-corrected chi connectivity index (χ3v) is 4.58. The average molecular weight is 340 g/mol. The Labute approximate surface area is 145 Å². The summed E-state index contributed by atoms with van der Waals surface area (Å²) in [6.45, 7) is 2.82. The molecule has 3 aromatic rings. The molecule has 0 radical (unpaired) electrons. The van der Waals surface area contributed by atoms with E-state index >= 15 is 0 Å². The molecule has 124 valence electrons. The Morgan fingerprint density at radius 1 is 1.17 bits per heavy atom. The van der Waals surface area contributed by atoms with E-state index in [4.69, 9.17) is 4.42 Å². The summed E-state index contributed by atoms with van der Waals surface area (Å²) in [6, 6.07) is 15.4. The van der Waals surface area contributed by atoms with Crippen LogP contribution in [0, 0.1) is 0 Å². The van der Waals surface area contributed by atoms with Gasteiger partial charge in [0.25, 0.3) is 11.1 Å². The highest BCUT2D eigenvalue weighted by atomic mass is 32.2. The van der Waals surface area contributed by atoms with E-state index in [1.54, 1.807) is 0 Å². The van der Waals surface area contributed by atoms with Crippen molar-refractivity contribution in [3.05, 3.63) is 59.7 Å². The number of carbonyl (C=O) groups is 1. The van der Waals surface area contributed by atoms with E-state index in [2.05, 4.69) is 17.2 Å². The molecule has 2 aromatic carbocycles. The highest BCUT2D eigenvalue weighted by Crippen LogP contribution is 2.27. The van der Waals surface area contributed by atoms with Crippen molar-refractivity contribution in [2.45, 2.75) is 30.7 Å². The van der Waals surface area contributed by atoms with Crippen LogP contribution in [0.15, 0.2) is 58.2 Å². The van der Waals surface area contributed by atoms with Crippen LogP contribution in [0.5, 0.6) is 0 Å². The third-order valence-electron chi connectivity index (χ3n) is 3.70. The minimum absolute atomic E-state index is 0.0165. The highest BCUT2D eigenvalue weighted by molar-refractivity contribution is 7.98. The molecule has 0 unspecified atom stereocenters. The number of nitrogens with one attached hydrogen (secondary N) is 1. The van der Waals surface area contributed by atoms with E-state index in [0.717, 1.165) is 35.1 Å². The summed E-state index contributed by atoms with van der Waals surface area (Å²) < 4.78 is 5.72. The smallest absolute Gasteiger partial charge is 0.257 e. The molecule has 24 heavy (non-hydrogen) atoms. The number of amides is 1. The van der Waals surface area contributed by atoms with E-state index in [1.807, 2.05) is 48.5 Å². The first-order chi connectivity index (χ1) is 11.8. The van der Waals surface area contributed by atoms with Crippen LogP contribution in [0.4, 0.5) is 0 Å². The molecule has 0 aliphatic rings. The fraction of sp³-hybridized carbons (Fsp3) is 0.263. The predicted molar refractivity (Wildman–Crippen MR) is 97.3 cm³/mol. The molecule has 3 rings (SSSR count). The van der Waals surface area contributed by atoms with Crippen molar-refractivity contribution in [2.75, 3.05) is 6.54 Å². The maximum atomic E-state index is 12.3. The number of hydrogen-bond donors (Lipinski definition) is 1. The molecule has 1 amide bonds. The number of unbranched alkanes of at least 4 members (excludes halogenated alkanes) is 1. The molecule has 0 aliphatic heterocycles. The summed E-state index contributed by atoms with van der Waals surface area (Å²) in [4.78, 5) is 16.8. The van der Waals surface area contributed by atoms with Crippen molar-refractivity contribution in [2.24, 2.45) is 0 Å². The number of fused-ring (bicyclic) bond motifs is 1. The van der Waals surface area contributed by atoms with Crippen LogP contribution in [0.3, 0.4) is 0 Å². The van der Waals surface area contributed by atoms with Crippen molar-refractivity contribution in [3.63, 3.8) is 0 Å². The number of nitrogens with zero attached hydrogens (tertiary/aromatic N) is 1. The number of aromatic nitrogens is 1. The minimum atomic E-state index is -0.0165. The summed E-state index contributed by atoms with van der Waals surface area (Å²) in [6.07, 6.45) is 2.06. The lowest BCUT2D eigenvalue weighted by Gasteiger charge is -2.09. The van der Waals surface area contributed by atoms with E-state index in [-0.39, 0.29) is 5.91 Å². The van der Waals surface area contributed by atoms with Gasteiger partial charge in [0.1, 0.15) is 5.52 Å². The number of oxazole rings is 1. The zero-order valence-corrected chi connectivity index (χ0v) is 14.4. The number of rotatable bonds is 7. The average Bonchev–Trinajstić information content (AvgIpc) is 3.03. The van der Waals surface area contributed by atoms with Crippen molar-refractivity contribution in [1.29, 1.82) is 0 Å². The Balaban J connectivity index is 1.69. The first-order valence-corrected chi connectivity index (χ1v) is 9.11. The largest absolute Gasteiger partial charge is 0.431 e. The predicted octanol–water partition coefficient (Wildman–Crippen LogP) is 4.65. The van der Waals surface area contributed by atoms with Crippen molar-refractivity contribution >= 4 is 28.8 Å². The molecule has 4 nitrogen and oxygen atoms in total. The zero-order chi connectivity index (χ0) is 16.8. The van der Waals surface area contributed by atoms with E-state index in [0.29, 0.717) is 17.5 Å². The van der Waals surface area contributed by atoms with Gasteiger partial charge in [-0.15, -0.1) is 0 Å². The van der Waals surface area contributed by atoms with Crippen LogP contribution in [-0.2, 0) is 5.75 Å². The number of hydrogen-bond acceptors (Lipinski definition) is 4. The van der Waals surface area contributed by atoms with Crippen LogP contribution >= 0.6 is 11.8 Å². The van der Waals surface area contributed by atoms with Gasteiger partial charge in [-0.25, -0.2) is 4.98 Å². The summed E-state index contributed by atoms with van der Waals surface area (Å²) in [7, 11) is 0. The van der Waals surface area contributed by atoms with Gasteiger partial charge in [0.05, 0.1) is 0 Å². The molecule has 1 heterocycles. The minimum Gasteiger partial charge on any atom is -0.431 e. The van der Waals surface area contributed by atoms with Crippen LogP contribution < -0.4 is 5.32 Å². The molecule has 1 N–H and O–H groups in total. The van der Waals surface area contributed by atoms with Crippen molar-refractivity contribution in [3.8, 4) is 0 Å². The zero-order valence-electron chi connectivity index (χ0n) is 13.6. The molecule has 5 heteroatoms. The van der Waals surface area contributed by atoms with Gasteiger partial charge in [-0.05, 0) is 30.2 Å². The molecule has 0 aliphatic carbocycles. The summed E-state index contributed by atoms with van der Waals surface area (Å²) in [5.41, 5.74) is 3.34. The molecular formula is C19H20N2O2S. The summed E-state index contributed by atoms with van der Waals surface area (Å²) in [5, 5.41) is 3.60. The molecular weight excluding hydrogens is 320 g/mol. The van der Waals surface area contributed by atoms with Crippen LogP contribution in [-0.4, -0.2) is 17.4 Å². The second-order valence-corrected chi connectivity index (χ2v) is 6.43. The fourth-order valence-electron chi connectivity index (χ4n) is 2.39. The quantitative estimate of drug-likeness (QED) is 0.502. The van der Waals surface area contributed by atoms with Gasteiger partial charge < -0.3 is 9.73 Å². The Hall–Kier alpha value is -2.27. The van der Waals surface area contributed by atoms with E-state index < -0.39 is 0 Å². The summed E-state index contributed by atoms with van der Waals surface area (Å²) in [5.74, 6) is 0.627. The Kier molecular flexibility index (Phi) is 5.54. The number of thioether (sulfide) groups is 1. The second-order valence-electron chi connectivity index (χ2n) is 5.50. The number of benzene rings is 2. The third kappa shape index (κ3) is 3.97. The molecule has 1 aromatic heterocycles. The molecule has 0 atom stereocenters. The lowest BCUT2D eigenvalue weighted by atomic mass is 10.1. The van der Waals surface area contributed by atoms with Crippen molar-refractivity contribution in [1.82, 2.24) is 10.3 Å². The number of carbonyl (C=O) groups excluding carboxylic acids is 1. The van der Waals surface area contributed by atoms with Gasteiger partial charge in [-0.2, -0.15) is 0 Å². The maximum Gasteiger partial charge on any atom is 0.257 e. The monoisotopic (exact) mass is 340 g/mol. The van der Waals surface area contributed by atoms with E-state index in [1.165, 1.54) is 11.8 Å². The van der Waals surface area contributed by atoms with Crippen molar-refractivity contribution < 1.29 is 9.21 Å². The van der Waals surface area contributed by atoms with Gasteiger partial charge in [0, 0.05) is 17.9 Å². The maximum absolute atomic E-state index is 12.3. The summed E-state index contributed by atoms with van der Waals surface area (Å²) >= 11 is 1.50. The Morgan fingerprint density at radius 3 is 2.79 bits per heavy atom. The van der Waals surface area contributed by atoms with Gasteiger partial charge in [-0.1, -0.05) is 55.4 Å². The second kappa shape index (κ2) is 8.02. The SMILES string of the molecule is CCCCNC(=O)c1ccccc1CSc1nc2ccccc2o1. The van der Waals surface area contributed by atoms with Crippen LogP contribution in [0.2, 0.25) is 0 Å². The highest BCUT2D eigenvalue weighted by Gasteiger charge is 2.12. The Bertz CT molecular complexity index is 796. The van der Waals surface area contributed by atoms with Crippen LogP contribution in [0.25, 0.3) is 11.1 Å². The molecule has 0 saturated heterocycles. The topological polar surface area (TPSA) is 55.1 Å². The lowest BCUT2D eigenvalue weighted by Crippen LogP contribution is -2.25. The first-order valence-electron chi connectivity index (χ1n) is 8.12.